The van der Waals surface area contributed by atoms with Gasteiger partial charge in [-0.25, -0.2) is 0 Å². The van der Waals surface area contributed by atoms with Crippen LogP contribution in [0.15, 0.2) is 0 Å². The van der Waals surface area contributed by atoms with Gasteiger partial charge in [0.2, 0.25) is 0 Å². The van der Waals surface area contributed by atoms with Crippen LogP contribution >= 0.6 is 0 Å². The number of aliphatic hydroxyl groups excluding tert-OH is 1. The minimum Gasteiger partial charge on any atom is -0.385 e. The second-order valence-corrected chi connectivity index (χ2v) is 7.45. The van der Waals surface area contributed by atoms with Gasteiger partial charge in [0.15, 0.2) is 5.78 Å². The van der Waals surface area contributed by atoms with Gasteiger partial charge in [-0.05, 0) is 31.1 Å². The first-order chi connectivity index (χ1) is 8.84. The van der Waals surface area contributed by atoms with Crippen LogP contribution in [0.2, 0.25) is 0 Å². The summed E-state index contributed by atoms with van der Waals surface area (Å²) in [4.78, 5) is 12.5. The van der Waals surface area contributed by atoms with Crippen molar-refractivity contribution in [2.45, 2.75) is 77.4 Å². The van der Waals surface area contributed by atoms with E-state index in [9.17, 15) is 9.90 Å². The Morgan fingerprint density at radius 3 is 2.47 bits per heavy atom. The molecule has 0 aromatic rings. The van der Waals surface area contributed by atoms with Crippen LogP contribution < -0.4 is 0 Å². The molecule has 0 aromatic carbocycles. The highest BCUT2D eigenvalue weighted by Gasteiger charge is 2.43. The average molecular weight is 268 g/mol. The fourth-order valence-corrected chi connectivity index (χ4v) is 3.47. The van der Waals surface area contributed by atoms with Crippen LogP contribution in [0.3, 0.4) is 0 Å². The Kier molecular flexibility index (Phi) is 4.36. The molecule has 1 saturated heterocycles. The van der Waals surface area contributed by atoms with E-state index in [4.69, 9.17) is 4.74 Å². The molecule has 19 heavy (non-hydrogen) atoms. The van der Waals surface area contributed by atoms with Crippen molar-refractivity contribution in [2.24, 2.45) is 11.3 Å². The molecule has 1 heterocycles. The molecule has 0 aromatic heterocycles. The Morgan fingerprint density at radius 2 is 1.89 bits per heavy atom. The summed E-state index contributed by atoms with van der Waals surface area (Å²) >= 11 is 0. The van der Waals surface area contributed by atoms with Crippen molar-refractivity contribution in [3.63, 3.8) is 0 Å². The number of Topliss-reactive ketones (excluding diaryl/α,β-unsaturated/α-hetero) is 1. The molecule has 1 aliphatic heterocycles. The van der Waals surface area contributed by atoms with Gasteiger partial charge in [-0.15, -0.1) is 0 Å². The molecule has 2 atom stereocenters. The van der Waals surface area contributed by atoms with E-state index in [1.54, 1.807) is 0 Å². The minimum absolute atomic E-state index is 0.0129. The first-order valence-electron chi connectivity index (χ1n) is 7.70. The molecule has 2 fully saturated rings. The zero-order chi connectivity index (χ0) is 14.1. The molecular weight excluding hydrogens is 240 g/mol. The van der Waals surface area contributed by atoms with E-state index in [1.165, 1.54) is 19.3 Å². The summed E-state index contributed by atoms with van der Waals surface area (Å²) in [5, 5.41) is 10.2. The van der Waals surface area contributed by atoms with Crippen molar-refractivity contribution >= 4 is 5.78 Å². The first kappa shape index (κ1) is 15.0. The van der Waals surface area contributed by atoms with Crippen LogP contribution in [0, 0.1) is 11.3 Å². The fourth-order valence-electron chi connectivity index (χ4n) is 3.47. The highest BCUT2D eigenvalue weighted by atomic mass is 16.5. The van der Waals surface area contributed by atoms with Crippen LogP contribution in [-0.4, -0.2) is 29.2 Å². The van der Waals surface area contributed by atoms with Crippen molar-refractivity contribution in [3.05, 3.63) is 0 Å². The van der Waals surface area contributed by atoms with E-state index >= 15 is 0 Å². The quantitative estimate of drug-likeness (QED) is 0.837. The smallest absolute Gasteiger partial charge is 0.165 e. The predicted molar refractivity (Wildman–Crippen MR) is 75.0 cm³/mol. The lowest BCUT2D eigenvalue weighted by Gasteiger charge is -2.44. The Hall–Kier alpha value is -0.410. The van der Waals surface area contributed by atoms with E-state index in [0.717, 1.165) is 25.7 Å². The Bertz CT molecular complexity index is 318. The van der Waals surface area contributed by atoms with Gasteiger partial charge >= 0.3 is 0 Å². The van der Waals surface area contributed by atoms with Crippen molar-refractivity contribution < 1.29 is 14.6 Å². The lowest BCUT2D eigenvalue weighted by Crippen LogP contribution is -2.47. The average Bonchev–Trinajstić information content (AvgIpc) is 2.37. The number of hydrogen-bond acceptors (Lipinski definition) is 3. The molecule has 0 radical (unpaired) electrons. The third-order valence-electron chi connectivity index (χ3n) is 4.75. The molecule has 2 aliphatic rings. The Labute approximate surface area is 116 Å². The van der Waals surface area contributed by atoms with E-state index in [1.807, 2.05) is 20.8 Å². The highest BCUT2D eigenvalue weighted by molar-refractivity contribution is 5.86. The molecular formula is C16H28O3. The standard InChI is InChI=1S/C16H28O3/c1-15(2,3)14(18)13(17)12-7-10-19-16(11-12)8-5-4-6-9-16/h12,14,18H,4-11H2,1-3H3. The van der Waals surface area contributed by atoms with Crippen molar-refractivity contribution in [2.75, 3.05) is 6.61 Å². The molecule has 1 aliphatic carbocycles. The van der Waals surface area contributed by atoms with E-state index in [-0.39, 0.29) is 22.7 Å². The third kappa shape index (κ3) is 3.38. The molecule has 1 N–H and O–H groups in total. The molecule has 110 valence electrons. The summed E-state index contributed by atoms with van der Waals surface area (Å²) in [6.45, 7) is 6.44. The van der Waals surface area contributed by atoms with Crippen LogP contribution in [0.4, 0.5) is 0 Å². The number of hydrogen-bond donors (Lipinski definition) is 1. The largest absolute Gasteiger partial charge is 0.385 e. The second kappa shape index (κ2) is 5.53. The van der Waals surface area contributed by atoms with Gasteiger partial charge in [0, 0.05) is 12.5 Å². The van der Waals surface area contributed by atoms with E-state index in [0.29, 0.717) is 6.61 Å². The van der Waals surface area contributed by atoms with Crippen LogP contribution in [0.25, 0.3) is 0 Å². The number of carbonyl (C=O) groups is 1. The maximum atomic E-state index is 12.5. The van der Waals surface area contributed by atoms with Crippen molar-refractivity contribution in [1.82, 2.24) is 0 Å². The first-order valence-corrected chi connectivity index (χ1v) is 7.70. The van der Waals surface area contributed by atoms with Gasteiger partial charge in [0.1, 0.15) is 6.10 Å². The fraction of sp³-hybridized carbons (Fsp3) is 0.938. The second-order valence-electron chi connectivity index (χ2n) is 7.45. The lowest BCUT2D eigenvalue weighted by molar-refractivity contribution is -0.153. The summed E-state index contributed by atoms with van der Waals surface area (Å²) < 4.78 is 6.02. The topological polar surface area (TPSA) is 46.5 Å². The van der Waals surface area contributed by atoms with Gasteiger partial charge in [0.05, 0.1) is 5.60 Å². The summed E-state index contributed by atoms with van der Waals surface area (Å²) in [6.07, 6.45) is 6.62. The predicted octanol–water partition coefficient (Wildman–Crippen LogP) is 3.09. The lowest BCUT2D eigenvalue weighted by atomic mass is 9.72. The zero-order valence-electron chi connectivity index (χ0n) is 12.6. The maximum absolute atomic E-state index is 12.5. The summed E-state index contributed by atoms with van der Waals surface area (Å²) in [5.41, 5.74) is -0.427. The van der Waals surface area contributed by atoms with Crippen LogP contribution in [0.5, 0.6) is 0 Å². The van der Waals surface area contributed by atoms with Gasteiger partial charge in [-0.2, -0.15) is 0 Å². The van der Waals surface area contributed by atoms with Crippen molar-refractivity contribution in [3.8, 4) is 0 Å². The summed E-state index contributed by atoms with van der Waals surface area (Å²) in [6, 6.07) is 0. The molecule has 1 saturated carbocycles. The number of rotatable bonds is 2. The van der Waals surface area contributed by atoms with Gasteiger partial charge in [-0.3, -0.25) is 4.79 Å². The number of ether oxygens (including phenoxy) is 1. The Morgan fingerprint density at radius 1 is 1.26 bits per heavy atom. The van der Waals surface area contributed by atoms with Crippen LogP contribution in [0.1, 0.15) is 65.7 Å². The van der Waals surface area contributed by atoms with Gasteiger partial charge < -0.3 is 9.84 Å². The number of aliphatic hydroxyl groups is 1. The summed E-state index contributed by atoms with van der Waals surface area (Å²) in [7, 11) is 0. The SMILES string of the molecule is CC(C)(C)C(O)C(=O)C1CCOC2(CCCCC2)C1. The normalized spacial score (nSPS) is 29.2. The molecule has 3 nitrogen and oxygen atoms in total. The minimum atomic E-state index is -0.851. The maximum Gasteiger partial charge on any atom is 0.165 e. The third-order valence-corrected chi connectivity index (χ3v) is 4.75. The molecule has 3 heteroatoms. The molecule has 0 amide bonds. The molecule has 2 unspecified atom stereocenters. The van der Waals surface area contributed by atoms with E-state index in [2.05, 4.69) is 0 Å². The van der Waals surface area contributed by atoms with E-state index < -0.39 is 6.10 Å². The molecule has 2 rings (SSSR count). The van der Waals surface area contributed by atoms with Crippen molar-refractivity contribution in [1.29, 1.82) is 0 Å². The van der Waals surface area contributed by atoms with Gasteiger partial charge in [-0.1, -0.05) is 40.0 Å². The Balaban J connectivity index is 2.02. The number of ketones is 1. The monoisotopic (exact) mass is 268 g/mol. The van der Waals surface area contributed by atoms with Gasteiger partial charge in [0.25, 0.3) is 0 Å². The number of carbonyl (C=O) groups excluding carboxylic acids is 1. The highest BCUT2D eigenvalue weighted by Crippen LogP contribution is 2.41. The van der Waals surface area contributed by atoms with Crippen LogP contribution in [-0.2, 0) is 9.53 Å². The molecule has 1 spiro atoms. The zero-order valence-corrected chi connectivity index (χ0v) is 12.6. The molecule has 0 bridgehead atoms. The summed E-state index contributed by atoms with van der Waals surface area (Å²) in [5.74, 6) is 0.0156.